The van der Waals surface area contributed by atoms with Gasteiger partial charge in [-0.2, -0.15) is 9.61 Å². The van der Waals surface area contributed by atoms with Gasteiger partial charge in [0.25, 0.3) is 0 Å². The van der Waals surface area contributed by atoms with Gasteiger partial charge in [-0.1, -0.05) is 0 Å². The first-order chi connectivity index (χ1) is 14.9. The van der Waals surface area contributed by atoms with Crippen molar-refractivity contribution in [2.45, 2.75) is 58.0 Å². The van der Waals surface area contributed by atoms with Gasteiger partial charge in [-0.15, -0.1) is 0 Å². The molecule has 2 aromatic rings. The zero-order valence-electron chi connectivity index (χ0n) is 19.0. The zero-order valence-corrected chi connectivity index (χ0v) is 19.0. The van der Waals surface area contributed by atoms with Gasteiger partial charge < -0.3 is 20.4 Å². The standard InChI is InChI=1S/C23H35N7O/c1-23(2,3)27-17-7-12-28(13-8-17)22(31)16-14-29(15-16)21-18-4-9-24-10-5-19(18)26-20-6-11-25-30(20)21/h6,11,16-17,24,27H,4-5,7-10,12-15H2,1-3H3. The fourth-order valence-electron chi connectivity index (χ4n) is 5.26. The number of nitrogens with one attached hydrogen (secondary N) is 2. The Balaban J connectivity index is 1.25. The van der Waals surface area contributed by atoms with Crippen LogP contribution in [-0.2, 0) is 17.6 Å². The number of piperidine rings is 1. The molecule has 2 saturated heterocycles. The zero-order chi connectivity index (χ0) is 21.6. The second-order valence-electron chi connectivity index (χ2n) is 10.3. The molecule has 168 valence electrons. The van der Waals surface area contributed by atoms with E-state index in [1.54, 1.807) is 0 Å². The Morgan fingerprint density at radius 3 is 2.65 bits per heavy atom. The van der Waals surface area contributed by atoms with Crippen molar-refractivity contribution in [3.8, 4) is 0 Å². The smallest absolute Gasteiger partial charge is 0.229 e. The van der Waals surface area contributed by atoms with Crippen molar-refractivity contribution in [3.63, 3.8) is 0 Å². The largest absolute Gasteiger partial charge is 0.354 e. The summed E-state index contributed by atoms with van der Waals surface area (Å²) in [4.78, 5) is 22.4. The maximum absolute atomic E-state index is 13.1. The number of amides is 1. The van der Waals surface area contributed by atoms with Crippen molar-refractivity contribution >= 4 is 17.4 Å². The summed E-state index contributed by atoms with van der Waals surface area (Å²) < 4.78 is 1.97. The van der Waals surface area contributed by atoms with E-state index < -0.39 is 0 Å². The number of likely N-dealkylation sites (tertiary alicyclic amines) is 1. The van der Waals surface area contributed by atoms with Gasteiger partial charge in [0.1, 0.15) is 5.82 Å². The molecule has 2 N–H and O–H groups in total. The van der Waals surface area contributed by atoms with E-state index in [2.05, 4.69) is 46.3 Å². The van der Waals surface area contributed by atoms with E-state index in [1.807, 2.05) is 16.8 Å². The highest BCUT2D eigenvalue weighted by molar-refractivity contribution is 5.82. The highest BCUT2D eigenvalue weighted by atomic mass is 16.2. The van der Waals surface area contributed by atoms with Crippen LogP contribution in [0.15, 0.2) is 12.3 Å². The lowest BCUT2D eigenvalue weighted by Crippen LogP contribution is -2.58. The van der Waals surface area contributed by atoms with Crippen LogP contribution >= 0.6 is 0 Å². The summed E-state index contributed by atoms with van der Waals surface area (Å²) in [5.41, 5.74) is 3.50. The van der Waals surface area contributed by atoms with Gasteiger partial charge in [0.2, 0.25) is 5.91 Å². The molecule has 0 aliphatic carbocycles. The molecule has 5 heterocycles. The van der Waals surface area contributed by atoms with Gasteiger partial charge in [0, 0.05) is 62.4 Å². The molecule has 0 spiro atoms. The van der Waals surface area contributed by atoms with E-state index in [9.17, 15) is 4.79 Å². The van der Waals surface area contributed by atoms with Crippen molar-refractivity contribution in [1.82, 2.24) is 30.1 Å². The van der Waals surface area contributed by atoms with Crippen molar-refractivity contribution in [3.05, 3.63) is 23.5 Å². The van der Waals surface area contributed by atoms with Gasteiger partial charge in [-0.05, 0) is 46.6 Å². The lowest BCUT2D eigenvalue weighted by atomic mass is 9.94. The Morgan fingerprint density at radius 1 is 1.16 bits per heavy atom. The number of carbonyl (C=O) groups excluding carboxylic acids is 1. The molecule has 2 fully saturated rings. The molecule has 0 atom stereocenters. The number of hydrogen-bond acceptors (Lipinski definition) is 6. The predicted octanol–water partition coefficient (Wildman–Crippen LogP) is 1.23. The summed E-state index contributed by atoms with van der Waals surface area (Å²) in [6, 6.07) is 2.48. The van der Waals surface area contributed by atoms with Crippen molar-refractivity contribution in [2.24, 2.45) is 5.92 Å². The molecule has 0 saturated carbocycles. The number of fused-ring (bicyclic) bond motifs is 2. The molecule has 8 nitrogen and oxygen atoms in total. The molecule has 5 rings (SSSR count). The van der Waals surface area contributed by atoms with E-state index in [1.165, 1.54) is 11.3 Å². The molecular weight excluding hydrogens is 390 g/mol. The van der Waals surface area contributed by atoms with E-state index >= 15 is 0 Å². The quantitative estimate of drug-likeness (QED) is 0.770. The second kappa shape index (κ2) is 8.06. The topological polar surface area (TPSA) is 77.8 Å². The lowest BCUT2D eigenvalue weighted by Gasteiger charge is -2.44. The van der Waals surface area contributed by atoms with Crippen LogP contribution in [-0.4, -0.2) is 76.3 Å². The van der Waals surface area contributed by atoms with Gasteiger partial charge >= 0.3 is 0 Å². The van der Waals surface area contributed by atoms with Gasteiger partial charge in [-0.25, -0.2) is 4.98 Å². The molecule has 0 unspecified atom stereocenters. The fraction of sp³-hybridized carbons (Fsp3) is 0.696. The van der Waals surface area contributed by atoms with Crippen LogP contribution in [0.1, 0.15) is 44.9 Å². The van der Waals surface area contributed by atoms with Crippen LogP contribution in [0.25, 0.3) is 5.65 Å². The van der Waals surface area contributed by atoms with Crippen LogP contribution < -0.4 is 15.5 Å². The minimum atomic E-state index is 0.0884. The molecule has 0 aromatic carbocycles. The number of carbonyl (C=O) groups is 1. The van der Waals surface area contributed by atoms with Crippen LogP contribution in [0.3, 0.4) is 0 Å². The summed E-state index contributed by atoms with van der Waals surface area (Å²) >= 11 is 0. The third kappa shape index (κ3) is 4.15. The molecule has 8 heteroatoms. The Morgan fingerprint density at radius 2 is 1.90 bits per heavy atom. The van der Waals surface area contributed by atoms with Crippen LogP contribution in [0, 0.1) is 5.92 Å². The van der Waals surface area contributed by atoms with Gasteiger partial charge in [-0.3, -0.25) is 4.79 Å². The number of nitrogens with zero attached hydrogens (tertiary/aromatic N) is 5. The first kappa shape index (κ1) is 20.7. The maximum Gasteiger partial charge on any atom is 0.229 e. The number of rotatable bonds is 3. The monoisotopic (exact) mass is 425 g/mol. The molecular formula is C23H35N7O. The first-order valence-electron chi connectivity index (χ1n) is 11.8. The number of hydrogen-bond donors (Lipinski definition) is 2. The highest BCUT2D eigenvalue weighted by Gasteiger charge is 2.39. The average Bonchev–Trinajstić information content (AvgIpc) is 3.02. The van der Waals surface area contributed by atoms with E-state index in [4.69, 9.17) is 4.98 Å². The van der Waals surface area contributed by atoms with Crippen LogP contribution in [0.5, 0.6) is 0 Å². The Hall–Kier alpha value is -2.19. The minimum Gasteiger partial charge on any atom is -0.354 e. The Kier molecular flexibility index (Phi) is 5.38. The normalized spacial score (nSPS) is 21.1. The molecule has 0 bridgehead atoms. The Bertz CT molecular complexity index is 949. The van der Waals surface area contributed by atoms with E-state index in [-0.39, 0.29) is 11.5 Å². The highest BCUT2D eigenvalue weighted by Crippen LogP contribution is 2.32. The summed E-state index contributed by atoms with van der Waals surface area (Å²) in [5, 5.41) is 11.7. The summed E-state index contributed by atoms with van der Waals surface area (Å²) in [5.74, 6) is 1.56. The first-order valence-corrected chi connectivity index (χ1v) is 11.8. The van der Waals surface area contributed by atoms with Crippen molar-refractivity contribution in [1.29, 1.82) is 0 Å². The number of anilines is 1. The third-order valence-electron chi connectivity index (χ3n) is 6.76. The van der Waals surface area contributed by atoms with Crippen LogP contribution in [0.2, 0.25) is 0 Å². The molecule has 3 aliphatic rings. The minimum absolute atomic E-state index is 0.0884. The maximum atomic E-state index is 13.1. The van der Waals surface area contributed by atoms with E-state index in [0.717, 1.165) is 76.4 Å². The summed E-state index contributed by atoms with van der Waals surface area (Å²) in [7, 11) is 0. The summed E-state index contributed by atoms with van der Waals surface area (Å²) in [6.45, 7) is 11.8. The molecule has 0 radical (unpaired) electrons. The van der Waals surface area contributed by atoms with Crippen molar-refractivity contribution in [2.75, 3.05) is 44.2 Å². The Labute approximate surface area is 184 Å². The fourth-order valence-corrected chi connectivity index (χ4v) is 5.26. The number of aromatic nitrogens is 3. The lowest BCUT2D eigenvalue weighted by molar-refractivity contribution is -0.137. The second-order valence-corrected chi connectivity index (χ2v) is 10.3. The van der Waals surface area contributed by atoms with Gasteiger partial charge in [0.15, 0.2) is 5.65 Å². The molecule has 1 amide bonds. The predicted molar refractivity (Wildman–Crippen MR) is 121 cm³/mol. The molecule has 3 aliphatic heterocycles. The van der Waals surface area contributed by atoms with Crippen molar-refractivity contribution < 1.29 is 4.79 Å². The van der Waals surface area contributed by atoms with Gasteiger partial charge in [0.05, 0.1) is 17.8 Å². The van der Waals surface area contributed by atoms with E-state index in [0.29, 0.717) is 11.9 Å². The average molecular weight is 426 g/mol. The molecule has 31 heavy (non-hydrogen) atoms. The van der Waals surface area contributed by atoms with Crippen LogP contribution in [0.4, 0.5) is 5.82 Å². The summed E-state index contributed by atoms with van der Waals surface area (Å²) in [6.07, 6.45) is 5.80. The SMILES string of the molecule is CC(C)(C)NC1CCN(C(=O)C2CN(c3c4c(nc5ccnn35)CCNCC4)C2)CC1. The molecule has 2 aromatic heterocycles. The third-order valence-corrected chi connectivity index (χ3v) is 6.76.